The van der Waals surface area contributed by atoms with Crippen LogP contribution < -0.4 is 9.47 Å². The molecule has 112 valence electrons. The number of ether oxygens (including phenoxy) is 2. The number of aromatic nitrogens is 3. The topological polar surface area (TPSA) is 90.5 Å². The van der Waals surface area contributed by atoms with Gasteiger partial charge in [0.1, 0.15) is 17.2 Å². The summed E-state index contributed by atoms with van der Waals surface area (Å²) in [6.07, 6.45) is 1.61. The number of hydrogen-bond donors (Lipinski definition) is 1. The van der Waals surface area contributed by atoms with Crippen LogP contribution in [0.5, 0.6) is 17.2 Å². The van der Waals surface area contributed by atoms with Gasteiger partial charge in [-0.2, -0.15) is 4.98 Å². The molecule has 7 heteroatoms. The van der Waals surface area contributed by atoms with E-state index in [-0.39, 0.29) is 17.5 Å². The highest BCUT2D eigenvalue weighted by atomic mass is 16.5. The lowest BCUT2D eigenvalue weighted by atomic mass is 10.2. The highest BCUT2D eigenvalue weighted by Gasteiger charge is 2.17. The Kier molecular flexibility index (Phi) is 3.61. The van der Waals surface area contributed by atoms with E-state index in [1.54, 1.807) is 30.5 Å². The van der Waals surface area contributed by atoms with Crippen LogP contribution in [0.25, 0.3) is 23.0 Å². The summed E-state index contributed by atoms with van der Waals surface area (Å²) in [4.78, 5) is 8.44. The second-order valence-corrected chi connectivity index (χ2v) is 4.36. The van der Waals surface area contributed by atoms with Crippen molar-refractivity contribution in [2.24, 2.45) is 0 Å². The molecule has 2 heterocycles. The van der Waals surface area contributed by atoms with E-state index in [2.05, 4.69) is 15.1 Å². The molecule has 1 aromatic carbocycles. The lowest BCUT2D eigenvalue weighted by molar-refractivity contribution is 0.404. The van der Waals surface area contributed by atoms with Crippen LogP contribution in [0.1, 0.15) is 0 Å². The number of pyridine rings is 1. The molecule has 2 aromatic heterocycles. The lowest BCUT2D eigenvalue weighted by Gasteiger charge is -2.03. The summed E-state index contributed by atoms with van der Waals surface area (Å²) < 4.78 is 15.5. The fourth-order valence-corrected chi connectivity index (χ4v) is 1.97. The van der Waals surface area contributed by atoms with Gasteiger partial charge in [0.05, 0.1) is 19.8 Å². The third-order valence-corrected chi connectivity index (χ3v) is 3.06. The fraction of sp³-hybridized carbons (Fsp3) is 0.133. The Balaban J connectivity index is 2.01. The molecule has 0 saturated carbocycles. The molecule has 0 spiro atoms. The van der Waals surface area contributed by atoms with Crippen molar-refractivity contribution in [2.45, 2.75) is 0 Å². The van der Waals surface area contributed by atoms with Crippen LogP contribution >= 0.6 is 0 Å². The molecule has 0 saturated heterocycles. The van der Waals surface area contributed by atoms with E-state index in [9.17, 15) is 5.11 Å². The van der Waals surface area contributed by atoms with Gasteiger partial charge < -0.3 is 19.1 Å². The zero-order valence-corrected chi connectivity index (χ0v) is 12.0. The van der Waals surface area contributed by atoms with Crippen LogP contribution in [0.2, 0.25) is 0 Å². The predicted octanol–water partition coefficient (Wildman–Crippen LogP) is 2.52. The van der Waals surface area contributed by atoms with Crippen molar-refractivity contribution in [3.8, 4) is 40.2 Å². The summed E-state index contributed by atoms with van der Waals surface area (Å²) in [7, 11) is 3.06. The maximum Gasteiger partial charge on any atom is 0.262 e. The maximum absolute atomic E-state index is 10.0. The summed E-state index contributed by atoms with van der Waals surface area (Å²) in [5, 5.41) is 13.9. The summed E-state index contributed by atoms with van der Waals surface area (Å²) >= 11 is 0. The first-order valence-electron chi connectivity index (χ1n) is 6.43. The van der Waals surface area contributed by atoms with E-state index in [0.717, 1.165) is 0 Å². The molecule has 0 aliphatic carbocycles. The number of rotatable bonds is 4. The average molecular weight is 299 g/mol. The van der Waals surface area contributed by atoms with Crippen molar-refractivity contribution in [3.63, 3.8) is 0 Å². The van der Waals surface area contributed by atoms with E-state index in [1.165, 1.54) is 20.3 Å². The highest BCUT2D eigenvalue weighted by Crippen LogP contribution is 2.33. The average Bonchev–Trinajstić information content (AvgIpc) is 3.04. The van der Waals surface area contributed by atoms with E-state index in [4.69, 9.17) is 14.0 Å². The molecule has 0 bridgehead atoms. The van der Waals surface area contributed by atoms with Gasteiger partial charge in [-0.15, -0.1) is 0 Å². The Bertz CT molecular complexity index is 801. The molecule has 3 aromatic rings. The van der Waals surface area contributed by atoms with E-state index in [0.29, 0.717) is 22.8 Å². The SMILES string of the molecule is COc1ccc(-c2nc(-c3ncccc3OC)no2)c(O)c1. The van der Waals surface area contributed by atoms with Gasteiger partial charge in [0.15, 0.2) is 5.69 Å². The molecule has 0 amide bonds. The van der Waals surface area contributed by atoms with Crippen molar-refractivity contribution in [1.82, 2.24) is 15.1 Å². The van der Waals surface area contributed by atoms with Crippen molar-refractivity contribution in [1.29, 1.82) is 0 Å². The number of hydrogen-bond acceptors (Lipinski definition) is 7. The second kappa shape index (κ2) is 5.72. The quantitative estimate of drug-likeness (QED) is 0.791. The molecule has 3 rings (SSSR count). The smallest absolute Gasteiger partial charge is 0.262 e. The minimum atomic E-state index is -0.0115. The van der Waals surface area contributed by atoms with Gasteiger partial charge in [0, 0.05) is 12.3 Å². The van der Waals surface area contributed by atoms with Gasteiger partial charge in [0.25, 0.3) is 5.89 Å². The Morgan fingerprint density at radius 2 is 2.00 bits per heavy atom. The minimum Gasteiger partial charge on any atom is -0.507 e. The van der Waals surface area contributed by atoms with Crippen molar-refractivity contribution >= 4 is 0 Å². The van der Waals surface area contributed by atoms with Gasteiger partial charge in [-0.05, 0) is 24.3 Å². The Morgan fingerprint density at radius 3 is 2.73 bits per heavy atom. The molecule has 22 heavy (non-hydrogen) atoms. The van der Waals surface area contributed by atoms with Crippen LogP contribution in [0, 0.1) is 0 Å². The van der Waals surface area contributed by atoms with E-state index >= 15 is 0 Å². The highest BCUT2D eigenvalue weighted by molar-refractivity contribution is 5.66. The zero-order valence-electron chi connectivity index (χ0n) is 12.0. The zero-order chi connectivity index (χ0) is 15.5. The second-order valence-electron chi connectivity index (χ2n) is 4.36. The lowest BCUT2D eigenvalue weighted by Crippen LogP contribution is -1.92. The van der Waals surface area contributed by atoms with Crippen LogP contribution in [0.15, 0.2) is 41.1 Å². The molecular weight excluding hydrogens is 286 g/mol. The first kappa shape index (κ1) is 13.9. The third-order valence-electron chi connectivity index (χ3n) is 3.06. The first-order valence-corrected chi connectivity index (χ1v) is 6.43. The maximum atomic E-state index is 10.0. The fourth-order valence-electron chi connectivity index (χ4n) is 1.97. The summed E-state index contributed by atoms with van der Waals surface area (Å²) in [5.41, 5.74) is 0.877. The Hall–Kier alpha value is -3.09. The van der Waals surface area contributed by atoms with Gasteiger partial charge >= 0.3 is 0 Å². The third kappa shape index (κ3) is 2.44. The Labute approximate surface area is 126 Å². The van der Waals surface area contributed by atoms with Gasteiger partial charge in [-0.3, -0.25) is 0 Å². The molecule has 7 nitrogen and oxygen atoms in total. The normalized spacial score (nSPS) is 10.5. The standard InChI is InChI=1S/C15H13N3O4/c1-20-9-5-6-10(11(19)8-9)15-17-14(18-22-15)13-12(21-2)4-3-7-16-13/h3-8,19H,1-2H3. The molecular formula is C15H13N3O4. The Morgan fingerprint density at radius 1 is 1.14 bits per heavy atom. The number of phenolic OH excluding ortho intramolecular Hbond substituents is 1. The van der Waals surface area contributed by atoms with Crippen molar-refractivity contribution < 1.29 is 19.1 Å². The molecule has 0 aliphatic heterocycles. The van der Waals surface area contributed by atoms with Gasteiger partial charge in [-0.25, -0.2) is 4.98 Å². The molecule has 0 aliphatic rings. The molecule has 0 unspecified atom stereocenters. The van der Waals surface area contributed by atoms with Crippen LogP contribution in [0.4, 0.5) is 0 Å². The van der Waals surface area contributed by atoms with Crippen LogP contribution in [0.3, 0.4) is 0 Å². The number of nitrogens with zero attached hydrogens (tertiary/aromatic N) is 3. The predicted molar refractivity (Wildman–Crippen MR) is 77.7 cm³/mol. The molecule has 1 N–H and O–H groups in total. The number of phenols is 1. The van der Waals surface area contributed by atoms with E-state index in [1.807, 2.05) is 0 Å². The number of benzene rings is 1. The van der Waals surface area contributed by atoms with Crippen molar-refractivity contribution in [3.05, 3.63) is 36.5 Å². The first-order chi connectivity index (χ1) is 10.7. The summed E-state index contributed by atoms with van der Waals surface area (Å²) in [6, 6.07) is 8.31. The van der Waals surface area contributed by atoms with E-state index < -0.39 is 0 Å². The summed E-state index contributed by atoms with van der Waals surface area (Å²) in [5.74, 6) is 1.52. The monoisotopic (exact) mass is 299 g/mol. The largest absolute Gasteiger partial charge is 0.507 e. The molecule has 0 atom stereocenters. The number of methoxy groups -OCH3 is 2. The minimum absolute atomic E-state index is 0.0115. The van der Waals surface area contributed by atoms with Gasteiger partial charge in [0.2, 0.25) is 5.82 Å². The van der Waals surface area contributed by atoms with Crippen LogP contribution in [-0.4, -0.2) is 34.5 Å². The number of aromatic hydroxyl groups is 1. The van der Waals surface area contributed by atoms with Gasteiger partial charge in [-0.1, -0.05) is 5.16 Å². The van der Waals surface area contributed by atoms with Crippen molar-refractivity contribution in [2.75, 3.05) is 14.2 Å². The molecule has 0 fully saturated rings. The van der Waals surface area contributed by atoms with Crippen LogP contribution in [-0.2, 0) is 0 Å². The summed E-state index contributed by atoms with van der Waals surface area (Å²) in [6.45, 7) is 0. The molecule has 0 radical (unpaired) electrons.